The van der Waals surface area contributed by atoms with Crippen molar-refractivity contribution >= 4 is 11.4 Å². The molecular weight excluding hydrogens is 268 g/mol. The molecule has 0 amide bonds. The highest BCUT2D eigenvalue weighted by Crippen LogP contribution is 2.31. The number of piperidine rings is 1. The van der Waals surface area contributed by atoms with Crippen LogP contribution in [0.1, 0.15) is 19.3 Å². The van der Waals surface area contributed by atoms with Gasteiger partial charge < -0.3 is 10.6 Å². The maximum atomic E-state index is 13.9. The highest BCUT2D eigenvalue weighted by molar-refractivity contribution is 5.54. The van der Waals surface area contributed by atoms with E-state index in [2.05, 4.69) is 0 Å². The van der Waals surface area contributed by atoms with Crippen LogP contribution in [0.25, 0.3) is 0 Å². The average Bonchev–Trinajstić information content (AvgIpc) is 2.40. The SMILES string of the molecule is NCCC1CCN(c2c(F)cc([N+](=O)[O-])cc2F)CC1. The second-order valence-electron chi connectivity index (χ2n) is 5.02. The second kappa shape index (κ2) is 6.13. The summed E-state index contributed by atoms with van der Waals surface area (Å²) in [5, 5.41) is 10.6. The zero-order chi connectivity index (χ0) is 14.7. The number of halogens is 2. The van der Waals surface area contributed by atoms with E-state index in [4.69, 9.17) is 5.73 Å². The van der Waals surface area contributed by atoms with Crippen molar-refractivity contribution in [3.8, 4) is 0 Å². The number of benzene rings is 1. The first-order chi connectivity index (χ1) is 9.52. The Kier molecular flexibility index (Phi) is 4.49. The van der Waals surface area contributed by atoms with Crippen molar-refractivity contribution in [2.75, 3.05) is 24.5 Å². The molecule has 1 aromatic rings. The van der Waals surface area contributed by atoms with E-state index in [1.807, 2.05) is 0 Å². The van der Waals surface area contributed by atoms with Crippen LogP contribution in [0.5, 0.6) is 0 Å². The van der Waals surface area contributed by atoms with E-state index in [9.17, 15) is 18.9 Å². The summed E-state index contributed by atoms with van der Waals surface area (Å²) in [5.74, 6) is -1.27. The molecule has 0 radical (unpaired) electrons. The number of nitro benzene ring substituents is 1. The summed E-state index contributed by atoms with van der Waals surface area (Å²) in [6, 6.07) is 1.54. The van der Waals surface area contributed by atoms with Crippen molar-refractivity contribution in [2.45, 2.75) is 19.3 Å². The van der Waals surface area contributed by atoms with Gasteiger partial charge in [-0.15, -0.1) is 0 Å². The number of nitro groups is 1. The lowest BCUT2D eigenvalue weighted by molar-refractivity contribution is -0.385. The Hall–Kier alpha value is -1.76. The van der Waals surface area contributed by atoms with E-state index >= 15 is 0 Å². The zero-order valence-corrected chi connectivity index (χ0v) is 11.0. The van der Waals surface area contributed by atoms with Crippen molar-refractivity contribution in [1.29, 1.82) is 0 Å². The summed E-state index contributed by atoms with van der Waals surface area (Å²) in [6.07, 6.45) is 2.57. The van der Waals surface area contributed by atoms with Gasteiger partial charge in [-0.2, -0.15) is 0 Å². The van der Waals surface area contributed by atoms with E-state index in [1.54, 1.807) is 4.90 Å². The van der Waals surface area contributed by atoms with Gasteiger partial charge in [-0.05, 0) is 31.7 Å². The third-order valence-corrected chi connectivity index (χ3v) is 3.72. The normalized spacial score (nSPS) is 16.4. The van der Waals surface area contributed by atoms with Crippen molar-refractivity contribution in [1.82, 2.24) is 0 Å². The lowest BCUT2D eigenvalue weighted by atomic mass is 9.93. The predicted octanol–water partition coefficient (Wildman–Crippen LogP) is 2.44. The summed E-state index contributed by atoms with van der Waals surface area (Å²) in [5.41, 5.74) is 4.77. The number of hydrogen-bond acceptors (Lipinski definition) is 4. The number of nitrogens with zero attached hydrogens (tertiary/aromatic N) is 2. The van der Waals surface area contributed by atoms with Gasteiger partial charge in [0, 0.05) is 13.1 Å². The molecule has 0 unspecified atom stereocenters. The fourth-order valence-corrected chi connectivity index (χ4v) is 2.64. The Morgan fingerprint density at radius 1 is 1.30 bits per heavy atom. The molecule has 1 fully saturated rings. The molecule has 0 saturated carbocycles. The Bertz CT molecular complexity index is 479. The van der Waals surface area contributed by atoms with Crippen LogP contribution in [0.3, 0.4) is 0 Å². The first-order valence-corrected chi connectivity index (χ1v) is 6.61. The standard InChI is InChI=1S/C13H17F2N3O2/c14-11-7-10(18(19)20)8-12(15)13(11)17-5-2-9(1-4-16)3-6-17/h7-9H,1-6,16H2. The van der Waals surface area contributed by atoms with Gasteiger partial charge in [0.15, 0.2) is 11.6 Å². The van der Waals surface area contributed by atoms with Crippen LogP contribution in [0.4, 0.5) is 20.2 Å². The summed E-state index contributed by atoms with van der Waals surface area (Å²) in [7, 11) is 0. The van der Waals surface area contributed by atoms with Crippen molar-refractivity contribution in [3.05, 3.63) is 33.9 Å². The molecule has 1 aliphatic rings. The van der Waals surface area contributed by atoms with Gasteiger partial charge in [0.1, 0.15) is 5.69 Å². The number of nitrogens with two attached hydrogens (primary N) is 1. The highest BCUT2D eigenvalue weighted by atomic mass is 19.1. The zero-order valence-electron chi connectivity index (χ0n) is 11.0. The van der Waals surface area contributed by atoms with E-state index in [-0.39, 0.29) is 5.69 Å². The van der Waals surface area contributed by atoms with Gasteiger partial charge in [-0.25, -0.2) is 8.78 Å². The van der Waals surface area contributed by atoms with Crippen LogP contribution in [-0.2, 0) is 0 Å². The Labute approximate surface area is 115 Å². The van der Waals surface area contributed by atoms with Crippen LogP contribution in [0.2, 0.25) is 0 Å². The number of hydrogen-bond donors (Lipinski definition) is 1. The summed E-state index contributed by atoms with van der Waals surface area (Å²) >= 11 is 0. The molecule has 5 nitrogen and oxygen atoms in total. The van der Waals surface area contributed by atoms with Crippen LogP contribution in [0.15, 0.2) is 12.1 Å². The van der Waals surface area contributed by atoms with Crippen LogP contribution in [0, 0.1) is 27.7 Å². The van der Waals surface area contributed by atoms with Gasteiger partial charge in [0.05, 0.1) is 17.1 Å². The number of non-ortho nitro benzene ring substituents is 1. The first-order valence-electron chi connectivity index (χ1n) is 6.61. The highest BCUT2D eigenvalue weighted by Gasteiger charge is 2.25. The molecule has 0 bridgehead atoms. The minimum Gasteiger partial charge on any atom is -0.367 e. The quantitative estimate of drug-likeness (QED) is 0.681. The number of anilines is 1. The largest absolute Gasteiger partial charge is 0.367 e. The lowest BCUT2D eigenvalue weighted by Gasteiger charge is -2.33. The molecule has 0 atom stereocenters. The molecule has 1 saturated heterocycles. The molecule has 1 aliphatic heterocycles. The Balaban J connectivity index is 2.16. The molecular formula is C13H17F2N3O2. The molecule has 1 heterocycles. The van der Waals surface area contributed by atoms with E-state index in [1.165, 1.54) is 0 Å². The summed E-state index contributed by atoms with van der Waals surface area (Å²) < 4.78 is 27.8. The van der Waals surface area contributed by atoms with Gasteiger partial charge >= 0.3 is 0 Å². The minimum atomic E-state index is -0.881. The van der Waals surface area contributed by atoms with Crippen molar-refractivity contribution < 1.29 is 13.7 Å². The fourth-order valence-electron chi connectivity index (χ4n) is 2.64. The van der Waals surface area contributed by atoms with Crippen molar-refractivity contribution in [3.63, 3.8) is 0 Å². The maximum absolute atomic E-state index is 13.9. The molecule has 2 N–H and O–H groups in total. The van der Waals surface area contributed by atoms with Gasteiger partial charge in [-0.1, -0.05) is 0 Å². The molecule has 2 rings (SSSR count). The average molecular weight is 285 g/mol. The number of rotatable bonds is 4. The van der Waals surface area contributed by atoms with E-state index in [0.717, 1.165) is 31.4 Å². The van der Waals surface area contributed by atoms with E-state index in [0.29, 0.717) is 25.6 Å². The molecule has 110 valence electrons. The molecule has 7 heteroatoms. The summed E-state index contributed by atoms with van der Waals surface area (Å²) in [6.45, 7) is 1.69. The molecule has 0 aliphatic carbocycles. The third kappa shape index (κ3) is 3.04. The molecule has 0 aromatic heterocycles. The van der Waals surface area contributed by atoms with Crippen LogP contribution in [-0.4, -0.2) is 24.6 Å². The lowest BCUT2D eigenvalue weighted by Crippen LogP contribution is -2.35. The Morgan fingerprint density at radius 2 is 1.85 bits per heavy atom. The second-order valence-corrected chi connectivity index (χ2v) is 5.02. The maximum Gasteiger partial charge on any atom is 0.275 e. The first kappa shape index (κ1) is 14.6. The van der Waals surface area contributed by atoms with Gasteiger partial charge in [0.25, 0.3) is 5.69 Å². The van der Waals surface area contributed by atoms with Crippen LogP contribution >= 0.6 is 0 Å². The third-order valence-electron chi connectivity index (χ3n) is 3.72. The minimum absolute atomic E-state index is 0.165. The molecule has 20 heavy (non-hydrogen) atoms. The monoisotopic (exact) mass is 285 g/mol. The van der Waals surface area contributed by atoms with Crippen LogP contribution < -0.4 is 10.6 Å². The Morgan fingerprint density at radius 3 is 2.30 bits per heavy atom. The smallest absolute Gasteiger partial charge is 0.275 e. The van der Waals surface area contributed by atoms with Gasteiger partial charge in [-0.3, -0.25) is 10.1 Å². The van der Waals surface area contributed by atoms with Crippen molar-refractivity contribution in [2.24, 2.45) is 11.7 Å². The predicted molar refractivity (Wildman–Crippen MR) is 71.6 cm³/mol. The van der Waals surface area contributed by atoms with Gasteiger partial charge in [0.2, 0.25) is 0 Å². The molecule has 0 spiro atoms. The van der Waals surface area contributed by atoms with E-state index < -0.39 is 22.2 Å². The topological polar surface area (TPSA) is 72.4 Å². The summed E-state index contributed by atoms with van der Waals surface area (Å²) in [4.78, 5) is 11.4. The molecule has 1 aromatic carbocycles. The fraction of sp³-hybridized carbons (Fsp3) is 0.538.